The number of nitrogens with one attached hydrogen (secondary N) is 2. The maximum Gasteiger partial charge on any atom is 0.331 e. The van der Waals surface area contributed by atoms with Crippen LogP contribution in [0.15, 0.2) is 45.0 Å². The molecule has 0 radical (unpaired) electrons. The number of aromatic hydroxyl groups is 1. The van der Waals surface area contributed by atoms with Gasteiger partial charge in [0, 0.05) is 12.1 Å². The van der Waals surface area contributed by atoms with Crippen molar-refractivity contribution in [3.8, 4) is 5.88 Å². The summed E-state index contributed by atoms with van der Waals surface area (Å²) in [6.45, 7) is 2.36. The van der Waals surface area contributed by atoms with Crippen LogP contribution in [0, 0.1) is 0 Å². The number of unbranched alkanes of at least 4 members (excludes halogenated alkanes) is 3. The Kier molecular flexibility index (Phi) is 6.90. The van der Waals surface area contributed by atoms with Gasteiger partial charge in [-0.05, 0) is 18.6 Å². The number of rotatable bonds is 8. The minimum absolute atomic E-state index is 0.187. The summed E-state index contributed by atoms with van der Waals surface area (Å²) in [6, 6.07) is 8.44. The highest BCUT2D eigenvalue weighted by molar-refractivity contribution is 5.94. The molecule has 1 amide bonds. The molecule has 26 heavy (non-hydrogen) atoms. The molecule has 1 heterocycles. The molecule has 8 heteroatoms. The summed E-state index contributed by atoms with van der Waals surface area (Å²) >= 11 is 0. The van der Waals surface area contributed by atoms with Gasteiger partial charge in [-0.2, -0.15) is 5.10 Å². The van der Waals surface area contributed by atoms with Gasteiger partial charge in [-0.1, -0.05) is 44.4 Å². The SMILES string of the molecule is CCCCCCn1c(O)c(/C=N/NC(=O)c2ccccc2)c(=O)[nH]c1=O. The fraction of sp³-hybridized carbons (Fsp3) is 0.333. The minimum atomic E-state index is -0.769. The van der Waals surface area contributed by atoms with Gasteiger partial charge in [0.05, 0.1) is 6.21 Å². The van der Waals surface area contributed by atoms with E-state index in [1.807, 2.05) is 0 Å². The summed E-state index contributed by atoms with van der Waals surface area (Å²) < 4.78 is 1.09. The molecule has 3 N–H and O–H groups in total. The number of nitrogens with zero attached hydrogens (tertiary/aromatic N) is 2. The first-order valence-electron chi connectivity index (χ1n) is 8.49. The van der Waals surface area contributed by atoms with Gasteiger partial charge in [-0.25, -0.2) is 10.2 Å². The lowest BCUT2D eigenvalue weighted by Crippen LogP contribution is -2.32. The molecule has 0 aliphatic heterocycles. The van der Waals surface area contributed by atoms with Crippen molar-refractivity contribution in [2.75, 3.05) is 0 Å². The second-order valence-electron chi connectivity index (χ2n) is 5.77. The molecule has 2 aromatic rings. The van der Waals surface area contributed by atoms with Gasteiger partial charge in [0.1, 0.15) is 5.56 Å². The number of H-pyrrole nitrogens is 1. The van der Waals surface area contributed by atoms with Crippen LogP contribution in [0.2, 0.25) is 0 Å². The predicted octanol–water partition coefficient (Wildman–Crippen LogP) is 1.59. The van der Waals surface area contributed by atoms with Gasteiger partial charge >= 0.3 is 5.69 Å². The van der Waals surface area contributed by atoms with E-state index in [-0.39, 0.29) is 5.56 Å². The average Bonchev–Trinajstić information content (AvgIpc) is 2.64. The number of benzene rings is 1. The van der Waals surface area contributed by atoms with E-state index in [1.54, 1.807) is 30.3 Å². The smallest absolute Gasteiger partial charge is 0.331 e. The number of aromatic amines is 1. The number of hydrogen-bond acceptors (Lipinski definition) is 5. The van der Waals surface area contributed by atoms with E-state index in [4.69, 9.17) is 0 Å². The van der Waals surface area contributed by atoms with Crippen molar-refractivity contribution in [2.24, 2.45) is 5.10 Å². The molecule has 138 valence electrons. The zero-order valence-electron chi connectivity index (χ0n) is 14.6. The van der Waals surface area contributed by atoms with Crippen LogP contribution in [0.3, 0.4) is 0 Å². The number of hydrogen-bond donors (Lipinski definition) is 3. The molecule has 0 unspecified atom stereocenters. The number of hydrazone groups is 1. The molecule has 1 aromatic heterocycles. The van der Waals surface area contributed by atoms with Crippen LogP contribution < -0.4 is 16.7 Å². The Hall–Kier alpha value is -3.16. The Morgan fingerprint density at radius 3 is 2.65 bits per heavy atom. The van der Waals surface area contributed by atoms with E-state index in [0.717, 1.165) is 30.0 Å². The van der Waals surface area contributed by atoms with Crippen LogP contribution in [-0.2, 0) is 6.54 Å². The van der Waals surface area contributed by atoms with Crippen LogP contribution in [0.4, 0.5) is 0 Å². The first-order valence-corrected chi connectivity index (χ1v) is 8.49. The average molecular weight is 358 g/mol. The van der Waals surface area contributed by atoms with E-state index in [2.05, 4.69) is 22.4 Å². The van der Waals surface area contributed by atoms with Gasteiger partial charge in [-0.15, -0.1) is 0 Å². The van der Waals surface area contributed by atoms with Crippen molar-refractivity contribution in [3.05, 3.63) is 62.3 Å². The molecule has 0 fully saturated rings. The standard InChI is InChI=1S/C18H22N4O4/c1-2-3-4-8-11-22-17(25)14(16(24)20-18(22)26)12-19-21-15(23)13-9-6-5-7-10-13/h5-7,9-10,12,25H,2-4,8,11H2,1H3,(H,21,23)(H,20,24,26)/b19-12+. The van der Waals surface area contributed by atoms with Crippen LogP contribution >= 0.6 is 0 Å². The molecule has 0 atom stereocenters. The summed E-state index contributed by atoms with van der Waals surface area (Å²) in [4.78, 5) is 37.8. The van der Waals surface area contributed by atoms with E-state index < -0.39 is 23.0 Å². The normalized spacial score (nSPS) is 11.0. The highest BCUT2D eigenvalue weighted by Gasteiger charge is 2.12. The van der Waals surface area contributed by atoms with Crippen LogP contribution in [0.5, 0.6) is 5.88 Å². The van der Waals surface area contributed by atoms with Crippen molar-refractivity contribution in [2.45, 2.75) is 39.2 Å². The van der Waals surface area contributed by atoms with Crippen molar-refractivity contribution in [1.82, 2.24) is 15.0 Å². The van der Waals surface area contributed by atoms with E-state index in [0.29, 0.717) is 18.5 Å². The van der Waals surface area contributed by atoms with Crippen molar-refractivity contribution in [1.29, 1.82) is 0 Å². The first-order chi connectivity index (χ1) is 12.5. The molecule has 0 aliphatic carbocycles. The number of aromatic nitrogens is 2. The lowest BCUT2D eigenvalue weighted by molar-refractivity contribution is 0.0955. The van der Waals surface area contributed by atoms with Crippen LogP contribution in [-0.4, -0.2) is 26.8 Å². The van der Waals surface area contributed by atoms with Gasteiger partial charge in [0.2, 0.25) is 5.88 Å². The molecule has 0 saturated heterocycles. The quantitative estimate of drug-likeness (QED) is 0.377. The largest absolute Gasteiger partial charge is 0.494 e. The third kappa shape index (κ3) is 4.92. The lowest BCUT2D eigenvalue weighted by atomic mass is 10.2. The zero-order chi connectivity index (χ0) is 18.9. The fourth-order valence-corrected chi connectivity index (χ4v) is 2.41. The fourth-order valence-electron chi connectivity index (χ4n) is 2.41. The van der Waals surface area contributed by atoms with Crippen molar-refractivity contribution < 1.29 is 9.90 Å². The van der Waals surface area contributed by atoms with Gasteiger partial charge in [0.25, 0.3) is 11.5 Å². The molecule has 0 aliphatic rings. The predicted molar refractivity (Wildman–Crippen MR) is 98.6 cm³/mol. The van der Waals surface area contributed by atoms with Gasteiger partial charge < -0.3 is 5.11 Å². The molecule has 0 saturated carbocycles. The second-order valence-corrected chi connectivity index (χ2v) is 5.77. The Morgan fingerprint density at radius 2 is 1.96 bits per heavy atom. The Labute approximate surface area is 150 Å². The highest BCUT2D eigenvalue weighted by atomic mass is 16.3. The molecular weight excluding hydrogens is 336 g/mol. The van der Waals surface area contributed by atoms with E-state index in [1.165, 1.54) is 0 Å². The number of carbonyl (C=O) groups is 1. The van der Waals surface area contributed by atoms with E-state index >= 15 is 0 Å². The monoisotopic (exact) mass is 358 g/mol. The summed E-state index contributed by atoms with van der Waals surface area (Å²) in [6.07, 6.45) is 4.72. The van der Waals surface area contributed by atoms with Crippen LogP contribution in [0.25, 0.3) is 0 Å². The molecule has 0 spiro atoms. The summed E-state index contributed by atoms with van der Waals surface area (Å²) in [5, 5.41) is 13.9. The topological polar surface area (TPSA) is 117 Å². The number of carbonyl (C=O) groups excluding carboxylic acids is 1. The Bertz CT molecular complexity index is 884. The van der Waals surface area contributed by atoms with Gasteiger partial charge in [0.15, 0.2) is 0 Å². The maximum atomic E-state index is 11.9. The summed E-state index contributed by atoms with van der Waals surface area (Å²) in [5.41, 5.74) is 1.05. The molecule has 8 nitrogen and oxygen atoms in total. The summed E-state index contributed by atoms with van der Waals surface area (Å²) in [5.74, 6) is -0.918. The maximum absolute atomic E-state index is 11.9. The second kappa shape index (κ2) is 9.36. The first kappa shape index (κ1) is 19.2. The van der Waals surface area contributed by atoms with E-state index in [9.17, 15) is 19.5 Å². The minimum Gasteiger partial charge on any atom is -0.494 e. The van der Waals surface area contributed by atoms with Crippen molar-refractivity contribution in [3.63, 3.8) is 0 Å². The molecule has 2 rings (SSSR count). The molecule has 1 aromatic carbocycles. The Balaban J connectivity index is 2.14. The third-order valence-electron chi connectivity index (χ3n) is 3.84. The van der Waals surface area contributed by atoms with Gasteiger partial charge in [-0.3, -0.25) is 19.1 Å². The molecular formula is C18H22N4O4. The number of amides is 1. The lowest BCUT2D eigenvalue weighted by Gasteiger charge is -2.09. The molecule has 0 bridgehead atoms. The Morgan fingerprint density at radius 1 is 1.23 bits per heavy atom. The van der Waals surface area contributed by atoms with Crippen molar-refractivity contribution >= 4 is 12.1 Å². The summed E-state index contributed by atoms with van der Waals surface area (Å²) in [7, 11) is 0. The third-order valence-corrected chi connectivity index (χ3v) is 3.84. The highest BCUT2D eigenvalue weighted by Crippen LogP contribution is 2.10. The zero-order valence-corrected chi connectivity index (χ0v) is 14.6. The van der Waals surface area contributed by atoms with Crippen LogP contribution in [0.1, 0.15) is 48.5 Å².